The second-order valence-corrected chi connectivity index (χ2v) is 6.07. The van der Waals surface area contributed by atoms with Gasteiger partial charge in [-0.05, 0) is 45.4 Å². The highest BCUT2D eigenvalue weighted by Crippen LogP contribution is 2.18. The Kier molecular flexibility index (Phi) is 7.07. The quantitative estimate of drug-likeness (QED) is 0.704. The Hall–Kier alpha value is -0.790. The summed E-state index contributed by atoms with van der Waals surface area (Å²) < 4.78 is 0. The van der Waals surface area contributed by atoms with E-state index < -0.39 is 0 Å². The first kappa shape index (κ1) is 15.3. The Labute approximate surface area is 112 Å². The molecule has 1 saturated carbocycles. The van der Waals surface area contributed by atoms with Crippen molar-refractivity contribution >= 4 is 5.91 Å². The van der Waals surface area contributed by atoms with Gasteiger partial charge in [-0.2, -0.15) is 0 Å². The lowest BCUT2D eigenvalue weighted by Crippen LogP contribution is -2.36. The van der Waals surface area contributed by atoms with Crippen molar-refractivity contribution in [2.75, 3.05) is 0 Å². The molecule has 104 valence electrons. The van der Waals surface area contributed by atoms with Gasteiger partial charge in [0.05, 0.1) is 0 Å². The van der Waals surface area contributed by atoms with Crippen LogP contribution in [0.25, 0.3) is 0 Å². The van der Waals surface area contributed by atoms with Crippen molar-refractivity contribution in [2.45, 2.75) is 78.2 Å². The molecule has 0 bridgehead atoms. The van der Waals surface area contributed by atoms with Gasteiger partial charge < -0.3 is 5.32 Å². The van der Waals surface area contributed by atoms with Crippen molar-refractivity contribution in [2.24, 2.45) is 5.92 Å². The van der Waals surface area contributed by atoms with Crippen molar-refractivity contribution in [3.63, 3.8) is 0 Å². The lowest BCUT2D eigenvalue weighted by atomic mass is 9.94. The molecule has 0 saturated heterocycles. The van der Waals surface area contributed by atoms with E-state index in [4.69, 9.17) is 0 Å². The zero-order valence-corrected chi connectivity index (χ0v) is 12.3. The molecular weight excluding hydrogens is 222 g/mol. The van der Waals surface area contributed by atoms with E-state index in [2.05, 4.69) is 32.2 Å². The Bertz CT molecular complexity index is 273. The smallest absolute Gasteiger partial charge is 0.220 e. The monoisotopic (exact) mass is 251 g/mol. The van der Waals surface area contributed by atoms with Crippen LogP contribution in [0.3, 0.4) is 0 Å². The molecule has 18 heavy (non-hydrogen) atoms. The number of allylic oxidation sites excluding steroid dienone is 2. The standard InChI is InChI=1S/C16H29NO/c1-13(2)8-7-9-14(3)12-16(18)17-15-10-5-4-6-11-15/h8,14-15H,4-7,9-12H2,1-3H3,(H,17,18). The van der Waals surface area contributed by atoms with E-state index in [1.807, 2.05) is 0 Å². The van der Waals surface area contributed by atoms with Crippen molar-refractivity contribution in [1.82, 2.24) is 5.32 Å². The summed E-state index contributed by atoms with van der Waals surface area (Å²) in [4.78, 5) is 11.9. The highest BCUT2D eigenvalue weighted by molar-refractivity contribution is 5.76. The van der Waals surface area contributed by atoms with Crippen LogP contribution in [0.1, 0.15) is 72.1 Å². The summed E-state index contributed by atoms with van der Waals surface area (Å²) in [5, 5.41) is 3.19. The van der Waals surface area contributed by atoms with Crippen molar-refractivity contribution in [3.05, 3.63) is 11.6 Å². The first-order valence-corrected chi connectivity index (χ1v) is 7.50. The predicted octanol–water partition coefficient (Wildman–Crippen LogP) is 4.21. The van der Waals surface area contributed by atoms with Crippen LogP contribution in [0.15, 0.2) is 11.6 Å². The first-order valence-electron chi connectivity index (χ1n) is 7.50. The zero-order valence-electron chi connectivity index (χ0n) is 12.3. The maximum atomic E-state index is 11.9. The molecule has 0 aromatic heterocycles. The molecule has 0 aromatic rings. The van der Waals surface area contributed by atoms with Crippen LogP contribution in [-0.4, -0.2) is 11.9 Å². The maximum Gasteiger partial charge on any atom is 0.220 e. The van der Waals surface area contributed by atoms with E-state index in [1.54, 1.807) is 0 Å². The Balaban J connectivity index is 2.16. The van der Waals surface area contributed by atoms with Gasteiger partial charge in [0.15, 0.2) is 0 Å². The summed E-state index contributed by atoms with van der Waals surface area (Å²) in [6.45, 7) is 6.43. The van der Waals surface area contributed by atoms with E-state index in [0.29, 0.717) is 18.4 Å². The summed E-state index contributed by atoms with van der Waals surface area (Å²) in [7, 11) is 0. The molecule has 1 rings (SSSR count). The number of amides is 1. The van der Waals surface area contributed by atoms with Crippen LogP contribution >= 0.6 is 0 Å². The van der Waals surface area contributed by atoms with E-state index >= 15 is 0 Å². The van der Waals surface area contributed by atoms with Crippen LogP contribution in [-0.2, 0) is 4.79 Å². The highest BCUT2D eigenvalue weighted by Gasteiger charge is 2.16. The summed E-state index contributed by atoms with van der Waals surface area (Å²) in [6, 6.07) is 0.455. The molecule has 1 aliphatic carbocycles. The normalized spacial score (nSPS) is 18.2. The SMILES string of the molecule is CC(C)=CCCC(C)CC(=O)NC1CCCCC1. The average Bonchev–Trinajstić information content (AvgIpc) is 2.29. The van der Waals surface area contributed by atoms with Gasteiger partial charge in [0.2, 0.25) is 5.91 Å². The van der Waals surface area contributed by atoms with Gasteiger partial charge in [0.25, 0.3) is 0 Å². The Morgan fingerprint density at radius 3 is 2.56 bits per heavy atom. The van der Waals surface area contributed by atoms with Crippen molar-refractivity contribution in [1.29, 1.82) is 0 Å². The van der Waals surface area contributed by atoms with E-state index in [9.17, 15) is 4.79 Å². The molecule has 2 heteroatoms. The molecule has 1 unspecified atom stereocenters. The van der Waals surface area contributed by atoms with E-state index in [-0.39, 0.29) is 5.91 Å². The third-order valence-electron chi connectivity index (χ3n) is 3.72. The third-order valence-corrected chi connectivity index (χ3v) is 3.72. The summed E-state index contributed by atoms with van der Waals surface area (Å²) in [5.74, 6) is 0.746. The lowest BCUT2D eigenvalue weighted by molar-refractivity contribution is -0.122. The first-order chi connectivity index (χ1) is 8.58. The molecule has 0 radical (unpaired) electrons. The van der Waals surface area contributed by atoms with Crippen LogP contribution in [0.4, 0.5) is 0 Å². The molecule has 1 aliphatic rings. The van der Waals surface area contributed by atoms with Gasteiger partial charge in [0.1, 0.15) is 0 Å². The minimum absolute atomic E-state index is 0.256. The molecule has 0 aromatic carbocycles. The van der Waals surface area contributed by atoms with Crippen LogP contribution < -0.4 is 5.32 Å². The summed E-state index contributed by atoms with van der Waals surface area (Å²) in [6.07, 6.45) is 11.4. The highest BCUT2D eigenvalue weighted by atomic mass is 16.1. The average molecular weight is 251 g/mol. The molecule has 0 spiro atoms. The molecule has 0 aliphatic heterocycles. The molecular formula is C16H29NO. The van der Waals surface area contributed by atoms with Gasteiger partial charge >= 0.3 is 0 Å². The Morgan fingerprint density at radius 1 is 1.28 bits per heavy atom. The minimum Gasteiger partial charge on any atom is -0.353 e. The van der Waals surface area contributed by atoms with Gasteiger partial charge in [-0.1, -0.05) is 37.8 Å². The van der Waals surface area contributed by atoms with Crippen LogP contribution in [0.5, 0.6) is 0 Å². The maximum absolute atomic E-state index is 11.9. The molecule has 1 N–H and O–H groups in total. The van der Waals surface area contributed by atoms with Gasteiger partial charge in [-0.3, -0.25) is 4.79 Å². The molecule has 1 atom stereocenters. The fourth-order valence-corrected chi connectivity index (χ4v) is 2.61. The topological polar surface area (TPSA) is 29.1 Å². The zero-order chi connectivity index (χ0) is 13.4. The molecule has 1 fully saturated rings. The largest absolute Gasteiger partial charge is 0.353 e. The molecule has 0 heterocycles. The Morgan fingerprint density at radius 2 is 1.94 bits per heavy atom. The second-order valence-electron chi connectivity index (χ2n) is 6.07. The molecule has 2 nitrogen and oxygen atoms in total. The predicted molar refractivity (Wildman–Crippen MR) is 77.5 cm³/mol. The number of hydrogen-bond acceptors (Lipinski definition) is 1. The van der Waals surface area contributed by atoms with Gasteiger partial charge in [-0.25, -0.2) is 0 Å². The van der Waals surface area contributed by atoms with Gasteiger partial charge in [-0.15, -0.1) is 0 Å². The van der Waals surface area contributed by atoms with E-state index in [1.165, 1.54) is 37.7 Å². The second kappa shape index (κ2) is 8.34. The van der Waals surface area contributed by atoms with E-state index in [0.717, 1.165) is 12.8 Å². The van der Waals surface area contributed by atoms with Crippen molar-refractivity contribution in [3.8, 4) is 0 Å². The fourth-order valence-electron chi connectivity index (χ4n) is 2.61. The van der Waals surface area contributed by atoms with Crippen LogP contribution in [0.2, 0.25) is 0 Å². The number of carbonyl (C=O) groups excluding carboxylic acids is 1. The number of carbonyl (C=O) groups is 1. The van der Waals surface area contributed by atoms with Crippen LogP contribution in [0, 0.1) is 5.92 Å². The number of nitrogens with one attached hydrogen (secondary N) is 1. The minimum atomic E-state index is 0.256. The lowest BCUT2D eigenvalue weighted by Gasteiger charge is -2.23. The summed E-state index contributed by atoms with van der Waals surface area (Å²) >= 11 is 0. The molecule has 1 amide bonds. The fraction of sp³-hybridized carbons (Fsp3) is 0.812. The number of rotatable bonds is 6. The number of hydrogen-bond donors (Lipinski definition) is 1. The third kappa shape index (κ3) is 6.83. The van der Waals surface area contributed by atoms with Gasteiger partial charge in [0, 0.05) is 12.5 Å². The van der Waals surface area contributed by atoms with Crippen molar-refractivity contribution < 1.29 is 4.79 Å². The summed E-state index contributed by atoms with van der Waals surface area (Å²) in [5.41, 5.74) is 1.37.